The fourth-order valence-corrected chi connectivity index (χ4v) is 0.619. The lowest BCUT2D eigenvalue weighted by molar-refractivity contribution is -0.0897. The molecule has 12 heavy (non-hydrogen) atoms. The van der Waals surface area contributed by atoms with Crippen LogP contribution in [0.25, 0.3) is 0 Å². The highest BCUT2D eigenvalue weighted by Gasteiger charge is 2.34. The molecule has 0 aliphatic heterocycles. The molecule has 0 aliphatic rings. The molecule has 0 atom stereocenters. The molecule has 0 heterocycles. The van der Waals surface area contributed by atoms with Gasteiger partial charge < -0.3 is 5.32 Å². The third-order valence-electron chi connectivity index (χ3n) is 1.22. The van der Waals surface area contributed by atoms with Gasteiger partial charge in [-0.25, -0.2) is 0 Å². The summed E-state index contributed by atoms with van der Waals surface area (Å²) >= 11 is 0. The molecule has 0 radical (unpaired) electrons. The van der Waals surface area contributed by atoms with Crippen molar-refractivity contribution in [3.8, 4) is 0 Å². The molecule has 4 heteroatoms. The van der Waals surface area contributed by atoms with Gasteiger partial charge in [0.1, 0.15) is 0 Å². The molecule has 0 amide bonds. The zero-order chi connectivity index (χ0) is 9.78. The highest BCUT2D eigenvalue weighted by Crippen LogP contribution is 2.29. The third-order valence-corrected chi connectivity index (χ3v) is 1.22. The minimum Gasteiger partial charge on any atom is -0.388 e. The Bertz CT molecular complexity index is 213. The molecular formula is C8H10F3N. The molecule has 1 nitrogen and oxygen atoms in total. The van der Waals surface area contributed by atoms with Crippen molar-refractivity contribution >= 4 is 0 Å². The van der Waals surface area contributed by atoms with E-state index in [4.69, 9.17) is 0 Å². The van der Waals surface area contributed by atoms with Gasteiger partial charge in [-0.05, 0) is 6.08 Å². The Morgan fingerprint density at radius 2 is 1.92 bits per heavy atom. The third kappa shape index (κ3) is 2.82. The summed E-state index contributed by atoms with van der Waals surface area (Å²) < 4.78 is 36.4. The van der Waals surface area contributed by atoms with Crippen molar-refractivity contribution in [1.82, 2.24) is 5.32 Å². The predicted octanol–water partition coefficient (Wildman–Crippen LogP) is 2.39. The standard InChI is InChI=1S/C8H10F3N/c1-4-5-7(6(2)12-3)8(9,10)11/h4-5,12H,1-2H2,3H3/b7-5+. The largest absolute Gasteiger partial charge is 0.418 e. The smallest absolute Gasteiger partial charge is 0.388 e. The normalized spacial score (nSPS) is 12.5. The molecule has 0 fully saturated rings. The Hall–Kier alpha value is -1.19. The average molecular weight is 177 g/mol. The van der Waals surface area contributed by atoms with Gasteiger partial charge in [0.2, 0.25) is 0 Å². The summed E-state index contributed by atoms with van der Waals surface area (Å²) in [4.78, 5) is 0. The number of rotatable bonds is 3. The zero-order valence-electron chi connectivity index (χ0n) is 6.70. The van der Waals surface area contributed by atoms with Gasteiger partial charge in [-0.1, -0.05) is 19.2 Å². The van der Waals surface area contributed by atoms with E-state index < -0.39 is 11.7 Å². The van der Waals surface area contributed by atoms with Crippen molar-refractivity contribution in [3.05, 3.63) is 36.6 Å². The lowest BCUT2D eigenvalue weighted by atomic mass is 10.2. The van der Waals surface area contributed by atoms with E-state index in [0.29, 0.717) is 0 Å². The fourth-order valence-electron chi connectivity index (χ4n) is 0.619. The van der Waals surface area contributed by atoms with Crippen molar-refractivity contribution in [2.75, 3.05) is 7.05 Å². The second kappa shape index (κ2) is 3.99. The molecule has 0 spiro atoms. The summed E-state index contributed by atoms with van der Waals surface area (Å²) in [6.07, 6.45) is -2.43. The van der Waals surface area contributed by atoms with E-state index in [9.17, 15) is 13.2 Å². The van der Waals surface area contributed by atoms with Crippen LogP contribution in [0.5, 0.6) is 0 Å². The van der Waals surface area contributed by atoms with Gasteiger partial charge in [-0.3, -0.25) is 0 Å². The van der Waals surface area contributed by atoms with E-state index >= 15 is 0 Å². The summed E-state index contributed by atoms with van der Waals surface area (Å²) in [6, 6.07) is 0. The zero-order valence-corrected chi connectivity index (χ0v) is 6.70. The van der Waals surface area contributed by atoms with Crippen molar-refractivity contribution in [3.63, 3.8) is 0 Å². The summed E-state index contributed by atoms with van der Waals surface area (Å²) in [5, 5.41) is 2.33. The summed E-state index contributed by atoms with van der Waals surface area (Å²) in [5.74, 6) is 0. The molecule has 0 saturated heterocycles. The van der Waals surface area contributed by atoms with Crippen LogP contribution in [0.1, 0.15) is 0 Å². The maximum Gasteiger partial charge on any atom is 0.418 e. The second-order valence-corrected chi connectivity index (χ2v) is 2.04. The van der Waals surface area contributed by atoms with Gasteiger partial charge in [0.15, 0.2) is 0 Å². The van der Waals surface area contributed by atoms with Crippen LogP contribution < -0.4 is 5.32 Å². The first-order valence-electron chi connectivity index (χ1n) is 3.20. The monoisotopic (exact) mass is 177 g/mol. The summed E-state index contributed by atoms with van der Waals surface area (Å²) in [5.41, 5.74) is -0.970. The summed E-state index contributed by atoms with van der Waals surface area (Å²) in [7, 11) is 1.38. The molecule has 0 rings (SSSR count). The average Bonchev–Trinajstić information content (AvgIpc) is 1.96. The number of halogens is 3. The predicted molar refractivity (Wildman–Crippen MR) is 42.5 cm³/mol. The summed E-state index contributed by atoms with van der Waals surface area (Å²) in [6.45, 7) is 6.40. The van der Waals surface area contributed by atoms with E-state index in [1.807, 2.05) is 0 Å². The van der Waals surface area contributed by atoms with Crippen LogP contribution in [0.15, 0.2) is 36.6 Å². The van der Waals surface area contributed by atoms with E-state index in [-0.39, 0.29) is 5.70 Å². The number of hydrogen-bond acceptors (Lipinski definition) is 1. The molecule has 0 aromatic carbocycles. The van der Waals surface area contributed by atoms with Gasteiger partial charge in [-0.15, -0.1) is 0 Å². The van der Waals surface area contributed by atoms with Gasteiger partial charge >= 0.3 is 6.18 Å². The second-order valence-electron chi connectivity index (χ2n) is 2.04. The molecule has 0 saturated carbocycles. The van der Waals surface area contributed by atoms with E-state index in [2.05, 4.69) is 18.5 Å². The van der Waals surface area contributed by atoms with Crippen molar-refractivity contribution in [2.24, 2.45) is 0 Å². The Morgan fingerprint density at radius 1 is 1.42 bits per heavy atom. The molecule has 0 aromatic rings. The number of allylic oxidation sites excluding steroid dienone is 3. The van der Waals surface area contributed by atoms with Crippen LogP contribution in [0.2, 0.25) is 0 Å². The Balaban J connectivity index is 4.81. The Kier molecular flexibility index (Phi) is 3.60. The minimum absolute atomic E-state index is 0.164. The first kappa shape index (κ1) is 10.8. The van der Waals surface area contributed by atoms with Crippen LogP contribution in [0, 0.1) is 0 Å². The lowest BCUT2D eigenvalue weighted by Gasteiger charge is -2.12. The Labute approximate surface area is 69.3 Å². The van der Waals surface area contributed by atoms with E-state index in [0.717, 1.165) is 12.2 Å². The lowest BCUT2D eigenvalue weighted by Crippen LogP contribution is -2.19. The first-order chi connectivity index (χ1) is 5.43. The van der Waals surface area contributed by atoms with Gasteiger partial charge in [-0.2, -0.15) is 13.2 Å². The molecule has 0 aromatic heterocycles. The van der Waals surface area contributed by atoms with Crippen molar-refractivity contribution in [1.29, 1.82) is 0 Å². The fraction of sp³-hybridized carbons (Fsp3) is 0.250. The number of nitrogens with one attached hydrogen (secondary N) is 1. The van der Waals surface area contributed by atoms with Gasteiger partial charge in [0, 0.05) is 12.7 Å². The molecule has 0 aliphatic carbocycles. The molecular weight excluding hydrogens is 167 g/mol. The van der Waals surface area contributed by atoms with Gasteiger partial charge in [0.25, 0.3) is 0 Å². The van der Waals surface area contributed by atoms with Crippen LogP contribution in [-0.4, -0.2) is 13.2 Å². The number of hydrogen-bond donors (Lipinski definition) is 1. The van der Waals surface area contributed by atoms with Crippen LogP contribution in [0.4, 0.5) is 13.2 Å². The molecule has 68 valence electrons. The van der Waals surface area contributed by atoms with Crippen LogP contribution >= 0.6 is 0 Å². The van der Waals surface area contributed by atoms with Crippen LogP contribution in [0.3, 0.4) is 0 Å². The topological polar surface area (TPSA) is 12.0 Å². The quantitative estimate of drug-likeness (QED) is 0.652. The molecule has 0 bridgehead atoms. The van der Waals surface area contributed by atoms with E-state index in [1.54, 1.807) is 0 Å². The molecule has 1 N–H and O–H groups in total. The van der Waals surface area contributed by atoms with Gasteiger partial charge in [0.05, 0.1) is 5.57 Å². The van der Waals surface area contributed by atoms with Crippen LogP contribution in [-0.2, 0) is 0 Å². The van der Waals surface area contributed by atoms with E-state index in [1.165, 1.54) is 7.05 Å². The maximum absolute atomic E-state index is 12.1. The molecule has 0 unspecified atom stereocenters. The minimum atomic E-state index is -4.38. The van der Waals surface area contributed by atoms with Crippen molar-refractivity contribution < 1.29 is 13.2 Å². The SMILES string of the molecule is C=C/C=C(\C(=C)NC)C(F)(F)F. The Morgan fingerprint density at radius 3 is 2.17 bits per heavy atom. The maximum atomic E-state index is 12.1. The number of likely N-dealkylation sites (N-methyl/N-ethyl adjacent to an activating group) is 1. The van der Waals surface area contributed by atoms with Crippen molar-refractivity contribution in [2.45, 2.75) is 6.18 Å². The first-order valence-corrected chi connectivity index (χ1v) is 3.20. The highest BCUT2D eigenvalue weighted by atomic mass is 19.4. The highest BCUT2D eigenvalue weighted by molar-refractivity contribution is 5.33. The number of alkyl halides is 3.